The number of hydrogen-bond donors (Lipinski definition) is 1. The third-order valence-corrected chi connectivity index (χ3v) is 7.54. The normalized spacial score (nSPS) is 11.7. The predicted molar refractivity (Wildman–Crippen MR) is 170 cm³/mol. The van der Waals surface area contributed by atoms with E-state index in [0.717, 1.165) is 33.8 Å². The van der Waals surface area contributed by atoms with Crippen molar-refractivity contribution < 1.29 is 9.90 Å². The molecule has 1 heterocycles. The van der Waals surface area contributed by atoms with Gasteiger partial charge in [0.1, 0.15) is 5.82 Å². The van der Waals surface area contributed by atoms with E-state index in [2.05, 4.69) is 69.3 Å². The highest BCUT2D eigenvalue weighted by atomic mass is 35.5. The molecule has 0 spiro atoms. The second-order valence-electron chi connectivity index (χ2n) is 11.0. The molecule has 0 bridgehead atoms. The summed E-state index contributed by atoms with van der Waals surface area (Å²) in [5.74, 6) is -0.203. The second-order valence-corrected chi connectivity index (χ2v) is 11.9. The van der Waals surface area contributed by atoms with Crippen molar-refractivity contribution in [3.8, 4) is 22.4 Å². The Morgan fingerprint density at radius 3 is 2.07 bits per heavy atom. The number of aromatic carboxylic acids is 1. The first kappa shape index (κ1) is 28.4. The van der Waals surface area contributed by atoms with Gasteiger partial charge in [0.15, 0.2) is 0 Å². The Morgan fingerprint density at radius 2 is 1.49 bits per heavy atom. The van der Waals surface area contributed by atoms with E-state index in [1.54, 1.807) is 24.3 Å². The molecule has 0 atom stereocenters. The number of halogens is 2. The molecule has 0 fully saturated rings. The third kappa shape index (κ3) is 6.79. The van der Waals surface area contributed by atoms with E-state index in [1.165, 1.54) is 11.1 Å². The minimum atomic E-state index is -0.949. The number of nitrogens with zero attached hydrogens (tertiary/aromatic N) is 2. The molecule has 1 aromatic heterocycles. The average molecular weight is 582 g/mol. The fourth-order valence-corrected chi connectivity index (χ4v) is 5.09. The molecular weight excluding hydrogens is 551 g/mol. The van der Waals surface area contributed by atoms with Crippen LogP contribution >= 0.6 is 23.2 Å². The van der Waals surface area contributed by atoms with Crippen LogP contribution in [-0.4, -0.2) is 20.6 Å². The molecule has 6 heteroatoms. The zero-order valence-electron chi connectivity index (χ0n) is 23.1. The van der Waals surface area contributed by atoms with E-state index in [4.69, 9.17) is 28.2 Å². The number of hydrogen-bond acceptors (Lipinski definition) is 2. The molecule has 1 N–H and O–H groups in total. The van der Waals surface area contributed by atoms with Gasteiger partial charge in [-0.15, -0.1) is 0 Å². The standard InChI is InChI=1S/C35H30Cl2N2O2/c1-35(2,3)28-15-13-26(14-16-28)25-9-4-23(5-10-25)8-19-33-38-32(30-18-17-29(36)20-31(30)37)22-39(33)21-24-6-11-27(12-7-24)34(40)41/h4-20,22H,21H2,1-3H3,(H,40,41)/b19-8+. The molecule has 0 unspecified atom stereocenters. The van der Waals surface area contributed by atoms with Crippen LogP contribution in [0.15, 0.2) is 97.2 Å². The topological polar surface area (TPSA) is 55.1 Å². The summed E-state index contributed by atoms with van der Waals surface area (Å²) >= 11 is 12.6. The van der Waals surface area contributed by atoms with Crippen molar-refractivity contribution in [3.05, 3.63) is 135 Å². The lowest BCUT2D eigenvalue weighted by Gasteiger charge is -2.19. The van der Waals surface area contributed by atoms with Gasteiger partial charge in [-0.3, -0.25) is 0 Å². The summed E-state index contributed by atoms with van der Waals surface area (Å²) in [4.78, 5) is 16.1. The first-order chi connectivity index (χ1) is 19.6. The summed E-state index contributed by atoms with van der Waals surface area (Å²) in [6.45, 7) is 7.17. The number of carbonyl (C=O) groups is 1. The maximum atomic E-state index is 11.3. The molecule has 206 valence electrons. The highest BCUT2D eigenvalue weighted by Gasteiger charge is 2.14. The van der Waals surface area contributed by atoms with Crippen molar-refractivity contribution in [1.29, 1.82) is 0 Å². The summed E-state index contributed by atoms with van der Waals surface area (Å²) in [6.07, 6.45) is 5.96. The highest BCUT2D eigenvalue weighted by Crippen LogP contribution is 2.31. The quantitative estimate of drug-likeness (QED) is 0.208. The fraction of sp³-hybridized carbons (Fsp3) is 0.143. The molecule has 0 radical (unpaired) electrons. The van der Waals surface area contributed by atoms with E-state index in [-0.39, 0.29) is 11.0 Å². The van der Waals surface area contributed by atoms with Crippen LogP contribution in [0.4, 0.5) is 0 Å². The van der Waals surface area contributed by atoms with Gasteiger partial charge < -0.3 is 9.67 Å². The van der Waals surface area contributed by atoms with Gasteiger partial charge in [-0.1, -0.05) is 111 Å². The molecule has 0 aliphatic rings. The molecule has 0 aliphatic heterocycles. The van der Waals surface area contributed by atoms with Gasteiger partial charge >= 0.3 is 5.97 Å². The molecule has 5 aromatic rings. The number of rotatable bonds is 7. The first-order valence-electron chi connectivity index (χ1n) is 13.3. The number of carboxylic acids is 1. The van der Waals surface area contributed by atoms with Crippen LogP contribution in [0.2, 0.25) is 10.0 Å². The van der Waals surface area contributed by atoms with Crippen molar-refractivity contribution in [2.24, 2.45) is 0 Å². The van der Waals surface area contributed by atoms with Crippen LogP contribution in [0.5, 0.6) is 0 Å². The van der Waals surface area contributed by atoms with Gasteiger partial charge in [0.25, 0.3) is 0 Å². The van der Waals surface area contributed by atoms with Crippen LogP contribution in [0.3, 0.4) is 0 Å². The zero-order chi connectivity index (χ0) is 29.1. The monoisotopic (exact) mass is 580 g/mol. The van der Waals surface area contributed by atoms with Crippen LogP contribution in [-0.2, 0) is 12.0 Å². The summed E-state index contributed by atoms with van der Waals surface area (Å²) in [6, 6.07) is 29.4. The number of imidazole rings is 1. The van der Waals surface area contributed by atoms with E-state index >= 15 is 0 Å². The van der Waals surface area contributed by atoms with Crippen molar-refractivity contribution in [1.82, 2.24) is 9.55 Å². The Morgan fingerprint density at radius 1 is 0.854 bits per heavy atom. The number of aromatic nitrogens is 2. The molecule has 0 amide bonds. The lowest BCUT2D eigenvalue weighted by Crippen LogP contribution is -2.10. The van der Waals surface area contributed by atoms with Crippen molar-refractivity contribution in [3.63, 3.8) is 0 Å². The van der Waals surface area contributed by atoms with Crippen molar-refractivity contribution in [2.45, 2.75) is 32.7 Å². The Kier molecular flexibility index (Phi) is 8.16. The Hall–Kier alpha value is -4.12. The van der Waals surface area contributed by atoms with Gasteiger partial charge in [0.2, 0.25) is 0 Å². The molecule has 0 saturated heterocycles. The second kappa shape index (κ2) is 11.8. The summed E-state index contributed by atoms with van der Waals surface area (Å²) in [7, 11) is 0. The number of carboxylic acid groups (broad SMARTS) is 1. The molecular formula is C35H30Cl2N2O2. The molecule has 4 nitrogen and oxygen atoms in total. The molecule has 5 rings (SSSR count). The van der Waals surface area contributed by atoms with E-state index in [0.29, 0.717) is 16.6 Å². The zero-order valence-corrected chi connectivity index (χ0v) is 24.6. The smallest absolute Gasteiger partial charge is 0.335 e. The maximum Gasteiger partial charge on any atom is 0.335 e. The molecule has 41 heavy (non-hydrogen) atoms. The summed E-state index contributed by atoms with van der Waals surface area (Å²) in [5.41, 5.74) is 7.55. The lowest BCUT2D eigenvalue weighted by molar-refractivity contribution is 0.0697. The Bertz CT molecular complexity index is 1710. The van der Waals surface area contributed by atoms with Gasteiger partial charge in [-0.2, -0.15) is 0 Å². The van der Waals surface area contributed by atoms with Crippen molar-refractivity contribution >= 4 is 41.3 Å². The minimum Gasteiger partial charge on any atom is -0.478 e. The lowest BCUT2D eigenvalue weighted by atomic mass is 9.86. The van der Waals surface area contributed by atoms with Crippen molar-refractivity contribution in [2.75, 3.05) is 0 Å². The third-order valence-electron chi connectivity index (χ3n) is 6.99. The highest BCUT2D eigenvalue weighted by molar-refractivity contribution is 6.36. The van der Waals surface area contributed by atoms with E-state index < -0.39 is 5.97 Å². The van der Waals surface area contributed by atoms with Crippen LogP contribution < -0.4 is 0 Å². The number of benzene rings is 4. The average Bonchev–Trinajstić information content (AvgIpc) is 3.34. The Labute approximate surface area is 250 Å². The Balaban J connectivity index is 1.42. The maximum absolute atomic E-state index is 11.3. The predicted octanol–water partition coefficient (Wildman–Crippen LogP) is 9.74. The molecule has 0 saturated carbocycles. The van der Waals surface area contributed by atoms with E-state index in [1.807, 2.05) is 41.1 Å². The SMILES string of the molecule is CC(C)(C)c1ccc(-c2ccc(/C=C/c3nc(-c4ccc(Cl)cc4Cl)cn3Cc3ccc(C(=O)O)cc3)cc2)cc1. The van der Waals surface area contributed by atoms with Gasteiger partial charge in [0.05, 0.1) is 16.3 Å². The van der Waals surface area contributed by atoms with E-state index in [9.17, 15) is 9.90 Å². The largest absolute Gasteiger partial charge is 0.478 e. The minimum absolute atomic E-state index is 0.125. The van der Waals surface area contributed by atoms with Crippen LogP contribution in [0, 0.1) is 0 Å². The molecule has 4 aromatic carbocycles. The van der Waals surface area contributed by atoms with Crippen LogP contribution in [0.1, 0.15) is 53.6 Å². The summed E-state index contributed by atoms with van der Waals surface area (Å²) in [5, 5.41) is 10.3. The van der Waals surface area contributed by atoms with Crippen LogP contribution in [0.25, 0.3) is 34.5 Å². The summed E-state index contributed by atoms with van der Waals surface area (Å²) < 4.78 is 2.03. The first-order valence-corrected chi connectivity index (χ1v) is 14.1. The molecule has 0 aliphatic carbocycles. The van der Waals surface area contributed by atoms with Gasteiger partial charge in [0, 0.05) is 23.3 Å². The fourth-order valence-electron chi connectivity index (χ4n) is 4.59. The van der Waals surface area contributed by atoms with Gasteiger partial charge in [-0.05, 0) is 69.6 Å². The van der Waals surface area contributed by atoms with Gasteiger partial charge in [-0.25, -0.2) is 9.78 Å².